The van der Waals surface area contributed by atoms with E-state index in [4.69, 9.17) is 23.8 Å². The number of piperazine rings is 1. The van der Waals surface area contributed by atoms with Gasteiger partial charge in [-0.1, -0.05) is 41.9 Å². The summed E-state index contributed by atoms with van der Waals surface area (Å²) in [6.45, 7) is 3.79. The highest BCUT2D eigenvalue weighted by Crippen LogP contribution is 2.18. The molecule has 0 atom stereocenters. The van der Waals surface area contributed by atoms with Crippen LogP contribution in [0, 0.1) is 11.6 Å². The summed E-state index contributed by atoms with van der Waals surface area (Å²) in [7, 11) is 0. The zero-order valence-corrected chi connectivity index (χ0v) is 18.3. The Morgan fingerprint density at radius 1 is 1.00 bits per heavy atom. The zero-order chi connectivity index (χ0) is 21.8. The Balaban J connectivity index is 1.28. The highest BCUT2D eigenvalue weighted by Gasteiger charge is 2.21. The van der Waals surface area contributed by atoms with Gasteiger partial charge in [0.15, 0.2) is 16.7 Å². The van der Waals surface area contributed by atoms with Crippen molar-refractivity contribution >= 4 is 34.6 Å². The van der Waals surface area contributed by atoms with Crippen LogP contribution in [0.15, 0.2) is 54.9 Å². The summed E-state index contributed by atoms with van der Waals surface area (Å²) in [5.41, 5.74) is 2.17. The number of hydrogen-bond donors (Lipinski definition) is 1. The fourth-order valence-electron chi connectivity index (χ4n) is 3.54. The number of hydrogen-bond acceptors (Lipinski definition) is 3. The van der Waals surface area contributed by atoms with Crippen LogP contribution in [0.3, 0.4) is 0 Å². The lowest BCUT2D eigenvalue weighted by molar-refractivity contribution is 0.175. The van der Waals surface area contributed by atoms with Crippen LogP contribution in [0.4, 0.5) is 14.5 Å². The quantitative estimate of drug-likeness (QED) is 0.571. The first kappa shape index (κ1) is 21.7. The van der Waals surface area contributed by atoms with Crippen molar-refractivity contribution in [3.63, 3.8) is 0 Å². The van der Waals surface area contributed by atoms with Gasteiger partial charge in [0.2, 0.25) is 0 Å². The third-order valence-electron chi connectivity index (χ3n) is 5.26. The summed E-state index contributed by atoms with van der Waals surface area (Å²) in [6.07, 6.45) is 3.62. The molecule has 0 amide bonds. The lowest BCUT2D eigenvalue weighted by Crippen LogP contribution is -2.49. The van der Waals surface area contributed by atoms with Crippen molar-refractivity contribution in [1.29, 1.82) is 0 Å². The Hall–Kier alpha value is -2.55. The van der Waals surface area contributed by atoms with Gasteiger partial charge in [-0.3, -0.25) is 9.58 Å². The fraction of sp³-hybridized carbons (Fsp3) is 0.273. The summed E-state index contributed by atoms with van der Waals surface area (Å²) >= 11 is 11.8. The first-order valence-electron chi connectivity index (χ1n) is 9.96. The van der Waals surface area contributed by atoms with Crippen LogP contribution in [-0.2, 0) is 13.1 Å². The summed E-state index contributed by atoms with van der Waals surface area (Å²) < 4.78 is 29.1. The van der Waals surface area contributed by atoms with Crippen molar-refractivity contribution in [3.05, 3.63) is 82.6 Å². The third-order valence-corrected chi connectivity index (χ3v) is 5.99. The Kier molecular flexibility index (Phi) is 6.80. The van der Waals surface area contributed by atoms with Crippen molar-refractivity contribution in [3.8, 4) is 0 Å². The number of rotatable bonds is 5. The number of anilines is 1. The van der Waals surface area contributed by atoms with Gasteiger partial charge in [-0.05, 0) is 29.9 Å². The molecular weight excluding hydrogens is 440 g/mol. The first-order valence-corrected chi connectivity index (χ1v) is 10.8. The molecule has 31 heavy (non-hydrogen) atoms. The van der Waals surface area contributed by atoms with Crippen LogP contribution in [0.5, 0.6) is 0 Å². The van der Waals surface area contributed by atoms with Crippen molar-refractivity contribution in [2.45, 2.75) is 13.1 Å². The molecule has 9 heteroatoms. The normalized spacial score (nSPS) is 14.6. The van der Waals surface area contributed by atoms with E-state index in [9.17, 15) is 8.78 Å². The van der Waals surface area contributed by atoms with Gasteiger partial charge in [-0.15, -0.1) is 0 Å². The molecule has 0 bridgehead atoms. The average molecular weight is 462 g/mol. The van der Waals surface area contributed by atoms with E-state index in [-0.39, 0.29) is 0 Å². The minimum atomic E-state index is -0.809. The highest BCUT2D eigenvalue weighted by molar-refractivity contribution is 7.80. The minimum absolute atomic E-state index is 0.375. The maximum atomic E-state index is 13.9. The highest BCUT2D eigenvalue weighted by atomic mass is 35.5. The van der Waals surface area contributed by atoms with Crippen LogP contribution < -0.4 is 5.32 Å². The van der Waals surface area contributed by atoms with Crippen molar-refractivity contribution in [2.75, 3.05) is 31.5 Å². The lowest BCUT2D eigenvalue weighted by atomic mass is 10.2. The van der Waals surface area contributed by atoms with Crippen LogP contribution >= 0.6 is 23.8 Å². The maximum Gasteiger partial charge on any atom is 0.173 e. The maximum absolute atomic E-state index is 13.9. The zero-order valence-electron chi connectivity index (χ0n) is 16.8. The van der Waals surface area contributed by atoms with Gasteiger partial charge in [-0.25, -0.2) is 8.78 Å². The summed E-state index contributed by atoms with van der Waals surface area (Å²) in [4.78, 5) is 4.16. The van der Waals surface area contributed by atoms with E-state index in [0.717, 1.165) is 17.3 Å². The Bertz CT molecular complexity index is 1070. The summed E-state index contributed by atoms with van der Waals surface area (Å²) in [5.74, 6) is -1.58. The number of nitrogens with one attached hydrogen (secondary N) is 1. The molecule has 1 N–H and O–H groups in total. The van der Waals surface area contributed by atoms with Crippen molar-refractivity contribution in [2.24, 2.45) is 0 Å². The van der Waals surface area contributed by atoms with Gasteiger partial charge < -0.3 is 10.2 Å². The molecule has 1 aliphatic heterocycles. The molecule has 0 saturated carbocycles. The molecule has 2 heterocycles. The number of thiocarbonyl (C=S) groups is 1. The third kappa shape index (κ3) is 5.39. The van der Waals surface area contributed by atoms with E-state index in [1.54, 1.807) is 16.9 Å². The Labute approximate surface area is 190 Å². The molecule has 162 valence electrons. The SMILES string of the molecule is Fc1cccc(CN2CCN(C(=S)Nc3cnn(Cc4ccccc4Cl)c3)CC2)c1F. The molecule has 1 saturated heterocycles. The molecular formula is C22H22ClF2N5S. The second-order valence-electron chi connectivity index (χ2n) is 7.42. The van der Waals surface area contributed by atoms with E-state index >= 15 is 0 Å². The largest absolute Gasteiger partial charge is 0.346 e. The molecule has 0 spiro atoms. The van der Waals surface area contributed by atoms with Gasteiger partial charge >= 0.3 is 0 Å². The number of halogens is 3. The Morgan fingerprint density at radius 2 is 1.74 bits per heavy atom. The van der Waals surface area contributed by atoms with E-state index in [1.807, 2.05) is 30.5 Å². The number of benzene rings is 2. The van der Waals surface area contributed by atoms with E-state index in [2.05, 4.69) is 20.2 Å². The van der Waals surface area contributed by atoms with Gasteiger partial charge in [0.25, 0.3) is 0 Å². The summed E-state index contributed by atoms with van der Waals surface area (Å²) in [6, 6.07) is 12.0. The monoisotopic (exact) mass is 461 g/mol. The molecule has 0 radical (unpaired) electrons. The second kappa shape index (κ2) is 9.72. The first-order chi connectivity index (χ1) is 15.0. The molecule has 1 aliphatic rings. The lowest BCUT2D eigenvalue weighted by Gasteiger charge is -2.36. The van der Waals surface area contributed by atoms with Crippen LogP contribution in [-0.4, -0.2) is 50.9 Å². The van der Waals surface area contributed by atoms with E-state index in [1.165, 1.54) is 6.07 Å². The molecule has 0 unspecified atom stereocenters. The van der Waals surface area contributed by atoms with Gasteiger partial charge in [0, 0.05) is 49.5 Å². The molecule has 3 aromatic rings. The van der Waals surface area contributed by atoms with Crippen LogP contribution in [0.2, 0.25) is 5.02 Å². The summed E-state index contributed by atoms with van der Waals surface area (Å²) in [5, 5.41) is 8.92. The molecule has 1 aromatic heterocycles. The van der Waals surface area contributed by atoms with Crippen molar-refractivity contribution in [1.82, 2.24) is 19.6 Å². The second-order valence-corrected chi connectivity index (χ2v) is 8.22. The van der Waals surface area contributed by atoms with E-state index < -0.39 is 11.6 Å². The standard InChI is InChI=1S/C22H22ClF2N5S/c23-19-6-2-1-4-16(19)14-30-15-18(12-26-30)27-22(31)29-10-8-28(9-11-29)13-17-5-3-7-20(24)21(17)25/h1-7,12,15H,8-11,13-14H2,(H,27,31). The molecule has 2 aromatic carbocycles. The molecule has 0 aliphatic carbocycles. The molecule has 1 fully saturated rings. The topological polar surface area (TPSA) is 36.3 Å². The van der Waals surface area contributed by atoms with Gasteiger partial charge in [0.05, 0.1) is 18.4 Å². The minimum Gasteiger partial charge on any atom is -0.346 e. The van der Waals surface area contributed by atoms with E-state index in [0.29, 0.717) is 55.0 Å². The average Bonchev–Trinajstić information content (AvgIpc) is 3.20. The predicted octanol–water partition coefficient (Wildman–Crippen LogP) is 4.38. The fourth-order valence-corrected chi connectivity index (χ4v) is 4.03. The molecule has 5 nitrogen and oxygen atoms in total. The number of aromatic nitrogens is 2. The predicted molar refractivity (Wildman–Crippen MR) is 122 cm³/mol. The van der Waals surface area contributed by atoms with Crippen molar-refractivity contribution < 1.29 is 8.78 Å². The number of nitrogens with zero attached hydrogens (tertiary/aromatic N) is 4. The molecule has 4 rings (SSSR count). The van der Waals surface area contributed by atoms with Gasteiger partial charge in [0.1, 0.15) is 0 Å². The van der Waals surface area contributed by atoms with Crippen LogP contribution in [0.1, 0.15) is 11.1 Å². The van der Waals surface area contributed by atoms with Gasteiger partial charge in [-0.2, -0.15) is 5.10 Å². The smallest absolute Gasteiger partial charge is 0.173 e. The Morgan fingerprint density at radius 3 is 2.52 bits per heavy atom. The van der Waals surface area contributed by atoms with Crippen LogP contribution in [0.25, 0.3) is 0 Å².